The van der Waals surface area contributed by atoms with Crippen molar-refractivity contribution in [2.45, 2.75) is 43.9 Å². The Kier molecular flexibility index (Phi) is 5.48. The minimum absolute atomic E-state index is 0.235. The number of nitrogens with one attached hydrogen (secondary N) is 1. The van der Waals surface area contributed by atoms with Crippen molar-refractivity contribution in [2.75, 3.05) is 6.61 Å². The van der Waals surface area contributed by atoms with E-state index in [1.807, 2.05) is 43.3 Å². The van der Waals surface area contributed by atoms with Gasteiger partial charge in [0.1, 0.15) is 11.0 Å². The molecule has 2 aliphatic rings. The Labute approximate surface area is 214 Å². The molecule has 8 heteroatoms. The van der Waals surface area contributed by atoms with Crippen LogP contribution in [-0.2, 0) is 28.9 Å². The summed E-state index contributed by atoms with van der Waals surface area (Å²) in [6.45, 7) is 2.81. The van der Waals surface area contributed by atoms with Gasteiger partial charge < -0.3 is 15.2 Å². The molecule has 1 atom stereocenters. The zero-order valence-electron chi connectivity index (χ0n) is 20.4. The van der Waals surface area contributed by atoms with E-state index in [4.69, 9.17) is 9.72 Å². The molecule has 0 unspecified atom stereocenters. The summed E-state index contributed by atoms with van der Waals surface area (Å²) in [5.74, 6) is -0.235. The predicted molar refractivity (Wildman–Crippen MR) is 136 cm³/mol. The van der Waals surface area contributed by atoms with Crippen LogP contribution >= 0.6 is 0 Å². The summed E-state index contributed by atoms with van der Waals surface area (Å²) >= 11 is 0. The highest BCUT2D eigenvalue weighted by Crippen LogP contribution is 2.44. The molecule has 1 aliphatic heterocycles. The van der Waals surface area contributed by atoms with Gasteiger partial charge in [0.25, 0.3) is 5.91 Å². The Morgan fingerprint density at radius 3 is 2.76 bits per heavy atom. The molecule has 4 aromatic rings. The summed E-state index contributed by atoms with van der Waals surface area (Å²) in [6, 6.07) is 17.2. The smallest absolute Gasteiger partial charge is 0.251 e. The van der Waals surface area contributed by atoms with Gasteiger partial charge >= 0.3 is 0 Å². The zero-order valence-corrected chi connectivity index (χ0v) is 20.4. The van der Waals surface area contributed by atoms with Crippen molar-refractivity contribution in [3.8, 4) is 17.3 Å². The highest BCUT2D eigenvalue weighted by Gasteiger charge is 2.43. The van der Waals surface area contributed by atoms with Crippen molar-refractivity contribution >= 4 is 16.8 Å². The van der Waals surface area contributed by atoms with Gasteiger partial charge in [0, 0.05) is 28.9 Å². The number of carbonyl (C=O) groups excluding carboxylic acids is 1. The molecule has 8 nitrogen and oxygen atoms in total. The van der Waals surface area contributed by atoms with Crippen LogP contribution in [0.4, 0.5) is 0 Å². The fourth-order valence-electron chi connectivity index (χ4n) is 4.68. The number of aromatic nitrogens is 3. The number of aliphatic hydroxyl groups is 1. The maximum Gasteiger partial charge on any atom is 0.251 e. The van der Waals surface area contributed by atoms with Gasteiger partial charge in [-0.15, -0.1) is 0 Å². The molecule has 6 rings (SSSR count). The van der Waals surface area contributed by atoms with Crippen LogP contribution in [0.3, 0.4) is 0 Å². The van der Waals surface area contributed by atoms with E-state index in [0.29, 0.717) is 30.2 Å². The summed E-state index contributed by atoms with van der Waals surface area (Å²) in [4.78, 5) is 26.6. The minimum atomic E-state index is -0.777. The third-order valence-electron chi connectivity index (χ3n) is 7.18. The first-order chi connectivity index (χ1) is 17.9. The number of hydrogen-bond acceptors (Lipinski definition) is 7. The first-order valence-electron chi connectivity index (χ1n) is 12.2. The first kappa shape index (κ1) is 23.2. The monoisotopic (exact) mass is 491 g/mol. The number of nitrogens with zero attached hydrogens (tertiary/aromatic N) is 4. The summed E-state index contributed by atoms with van der Waals surface area (Å²) in [5, 5.41) is 23.7. The van der Waals surface area contributed by atoms with Gasteiger partial charge in [-0.1, -0.05) is 6.07 Å². The highest BCUT2D eigenvalue weighted by molar-refractivity contribution is 5.94. The van der Waals surface area contributed by atoms with Gasteiger partial charge in [0.15, 0.2) is 0 Å². The number of rotatable bonds is 5. The second-order valence-corrected chi connectivity index (χ2v) is 10.0. The minimum Gasteiger partial charge on any atom is -0.384 e. The van der Waals surface area contributed by atoms with Crippen LogP contribution in [0.1, 0.15) is 52.6 Å². The molecular formula is C29H25N5O3. The van der Waals surface area contributed by atoms with Crippen LogP contribution in [0.25, 0.3) is 22.2 Å². The van der Waals surface area contributed by atoms with E-state index in [-0.39, 0.29) is 12.5 Å². The number of hydrogen-bond donors (Lipinski definition) is 2. The summed E-state index contributed by atoms with van der Waals surface area (Å²) < 4.78 is 5.55. The van der Waals surface area contributed by atoms with Crippen molar-refractivity contribution < 1.29 is 14.6 Å². The summed E-state index contributed by atoms with van der Waals surface area (Å²) in [7, 11) is 0. The second-order valence-electron chi connectivity index (χ2n) is 10.0. The molecule has 0 saturated heterocycles. The average molecular weight is 492 g/mol. The van der Waals surface area contributed by atoms with E-state index < -0.39 is 11.0 Å². The number of carbonyl (C=O) groups is 1. The van der Waals surface area contributed by atoms with Gasteiger partial charge in [-0.25, -0.2) is 4.98 Å². The molecule has 1 saturated carbocycles. The van der Waals surface area contributed by atoms with Crippen molar-refractivity contribution in [2.24, 2.45) is 0 Å². The maximum absolute atomic E-state index is 12.9. The number of amides is 1. The summed E-state index contributed by atoms with van der Waals surface area (Å²) in [6.07, 6.45) is 4.99. The largest absolute Gasteiger partial charge is 0.384 e. The van der Waals surface area contributed by atoms with Gasteiger partial charge in [0.05, 0.1) is 48.4 Å². The molecule has 184 valence electrons. The highest BCUT2D eigenvalue weighted by atomic mass is 16.5. The second kappa shape index (κ2) is 8.73. The van der Waals surface area contributed by atoms with Crippen LogP contribution in [0.5, 0.6) is 0 Å². The number of benzene rings is 1. The lowest BCUT2D eigenvalue weighted by Gasteiger charge is -2.30. The Bertz CT molecular complexity index is 1570. The lowest BCUT2D eigenvalue weighted by atomic mass is 9.79. The van der Waals surface area contributed by atoms with Gasteiger partial charge in [-0.05, 0) is 73.4 Å². The molecule has 0 bridgehead atoms. The number of ether oxygens (including phenoxy) is 1. The Hall–Kier alpha value is -4.19. The van der Waals surface area contributed by atoms with Crippen LogP contribution in [0, 0.1) is 11.3 Å². The van der Waals surface area contributed by atoms with E-state index in [1.165, 1.54) is 0 Å². The Morgan fingerprint density at radius 2 is 2.00 bits per heavy atom. The van der Waals surface area contributed by atoms with Crippen LogP contribution < -0.4 is 5.32 Å². The lowest BCUT2D eigenvalue weighted by Crippen LogP contribution is -2.33. The van der Waals surface area contributed by atoms with Crippen molar-refractivity contribution in [1.29, 1.82) is 5.26 Å². The van der Waals surface area contributed by atoms with Gasteiger partial charge in [-0.3, -0.25) is 14.8 Å². The van der Waals surface area contributed by atoms with E-state index in [2.05, 4.69) is 21.4 Å². The topological polar surface area (TPSA) is 121 Å². The van der Waals surface area contributed by atoms with E-state index in [0.717, 1.165) is 46.1 Å². The van der Waals surface area contributed by atoms with E-state index in [1.54, 1.807) is 24.5 Å². The molecule has 3 aromatic heterocycles. The normalized spacial score (nSPS) is 19.6. The molecule has 1 fully saturated rings. The third-order valence-corrected chi connectivity index (χ3v) is 7.18. The lowest BCUT2D eigenvalue weighted by molar-refractivity contribution is 0.0757. The number of nitriles is 1. The fraction of sp³-hybridized carbons (Fsp3) is 0.276. The van der Waals surface area contributed by atoms with E-state index in [9.17, 15) is 15.2 Å². The molecule has 0 radical (unpaired) electrons. The van der Waals surface area contributed by atoms with Crippen LogP contribution in [-0.4, -0.2) is 32.6 Å². The van der Waals surface area contributed by atoms with Crippen molar-refractivity contribution in [1.82, 2.24) is 20.3 Å². The Balaban J connectivity index is 1.19. The fourth-order valence-corrected chi connectivity index (χ4v) is 4.68. The molecule has 4 heterocycles. The number of pyridine rings is 3. The van der Waals surface area contributed by atoms with Gasteiger partial charge in [-0.2, -0.15) is 5.26 Å². The third kappa shape index (κ3) is 4.33. The van der Waals surface area contributed by atoms with Crippen LogP contribution in [0.2, 0.25) is 0 Å². The molecule has 37 heavy (non-hydrogen) atoms. The molecule has 1 aliphatic carbocycles. The quantitative estimate of drug-likeness (QED) is 0.434. The maximum atomic E-state index is 12.9. The summed E-state index contributed by atoms with van der Waals surface area (Å²) in [5.41, 5.74) is 4.51. The molecule has 1 amide bonds. The van der Waals surface area contributed by atoms with Crippen molar-refractivity contribution in [3.63, 3.8) is 0 Å². The predicted octanol–water partition coefficient (Wildman–Crippen LogP) is 3.91. The first-order valence-corrected chi connectivity index (χ1v) is 12.2. The standard InChI is InChI=1S/C29H25N5O3/c1-28(16-30)17-37-15-21-3-2-18(10-23(21)28)27(35)33-14-22-11-25-20(12-31-22)4-6-24(34-25)19-5-7-26(32-13-19)29(36)8-9-29/h2-7,10-13,36H,8-9,14-15,17H2,1H3,(H,33,35)/t28-/m1/s1. The van der Waals surface area contributed by atoms with Gasteiger partial charge in [0.2, 0.25) is 0 Å². The molecular weight excluding hydrogens is 466 g/mol. The van der Waals surface area contributed by atoms with E-state index >= 15 is 0 Å². The average Bonchev–Trinajstić information content (AvgIpc) is 3.69. The molecule has 2 N–H and O–H groups in total. The number of fused-ring (bicyclic) bond motifs is 2. The van der Waals surface area contributed by atoms with Crippen molar-refractivity contribution in [3.05, 3.63) is 89.0 Å². The van der Waals surface area contributed by atoms with Crippen LogP contribution in [0.15, 0.2) is 60.9 Å². The molecule has 0 spiro atoms. The zero-order chi connectivity index (χ0) is 25.6. The Morgan fingerprint density at radius 1 is 1.14 bits per heavy atom. The molecule has 1 aromatic carbocycles. The SMILES string of the molecule is C[C@@]1(C#N)COCc2ccc(C(=O)NCc3cc4nc(-c5ccc(C6(O)CC6)nc5)ccc4cn3)cc21.